The summed E-state index contributed by atoms with van der Waals surface area (Å²) in [6.45, 7) is -0.00250. The van der Waals surface area contributed by atoms with E-state index in [1.165, 1.54) is 7.11 Å². The van der Waals surface area contributed by atoms with Gasteiger partial charge in [0.05, 0.1) is 13.7 Å². The van der Waals surface area contributed by atoms with Gasteiger partial charge in [-0.15, -0.1) is 0 Å². The summed E-state index contributed by atoms with van der Waals surface area (Å²) in [5.41, 5.74) is 0.781. The Morgan fingerprint density at radius 1 is 1.64 bits per heavy atom. The van der Waals surface area contributed by atoms with Crippen LogP contribution in [-0.4, -0.2) is 17.2 Å². The number of rotatable bonds is 2. The number of halogens is 1. The molecule has 0 atom stereocenters. The molecule has 0 aliphatic carbocycles. The minimum atomic E-state index is -0.00250. The van der Waals surface area contributed by atoms with Gasteiger partial charge in [-0.2, -0.15) is 0 Å². The molecule has 11 heavy (non-hydrogen) atoms. The minimum Gasteiger partial charge on any atom is -0.481 e. The number of aromatic nitrogens is 1. The highest BCUT2D eigenvalue weighted by atomic mass is 79.9. The van der Waals surface area contributed by atoms with Crippen LogP contribution in [0.1, 0.15) is 5.56 Å². The van der Waals surface area contributed by atoms with Crippen LogP contribution in [0.15, 0.2) is 16.7 Å². The molecule has 0 radical (unpaired) electrons. The van der Waals surface area contributed by atoms with Crippen molar-refractivity contribution in [1.29, 1.82) is 0 Å². The normalized spacial score (nSPS) is 9.73. The summed E-state index contributed by atoms with van der Waals surface area (Å²) in [4.78, 5) is 3.98. The van der Waals surface area contributed by atoms with Crippen molar-refractivity contribution in [3.8, 4) is 5.88 Å². The molecular formula is C7H8BrNO2. The molecule has 1 heterocycles. The van der Waals surface area contributed by atoms with Gasteiger partial charge in [-0.3, -0.25) is 0 Å². The number of nitrogens with zero attached hydrogens (tertiary/aromatic N) is 1. The van der Waals surface area contributed by atoms with Gasteiger partial charge in [-0.05, 0) is 27.6 Å². The molecule has 1 aromatic rings. The second kappa shape index (κ2) is 3.69. The minimum absolute atomic E-state index is 0.00250. The van der Waals surface area contributed by atoms with Crippen LogP contribution in [0.2, 0.25) is 0 Å². The van der Waals surface area contributed by atoms with Crippen molar-refractivity contribution in [3.05, 3.63) is 22.3 Å². The summed E-state index contributed by atoms with van der Waals surface area (Å²) < 4.78 is 5.55. The second-order valence-corrected chi connectivity index (χ2v) is 2.81. The maximum Gasteiger partial charge on any atom is 0.214 e. The fourth-order valence-electron chi connectivity index (χ4n) is 0.719. The van der Waals surface area contributed by atoms with Crippen molar-refractivity contribution >= 4 is 15.9 Å². The summed E-state index contributed by atoms with van der Waals surface area (Å²) in [6, 6.07) is 3.42. The van der Waals surface area contributed by atoms with Crippen molar-refractivity contribution < 1.29 is 9.84 Å². The Morgan fingerprint density at radius 3 is 2.91 bits per heavy atom. The molecule has 0 aliphatic rings. The molecule has 0 aromatic carbocycles. The fourth-order valence-corrected chi connectivity index (χ4v) is 1.19. The maximum absolute atomic E-state index is 8.78. The first-order valence-corrected chi connectivity index (χ1v) is 3.87. The van der Waals surface area contributed by atoms with Gasteiger partial charge >= 0.3 is 0 Å². The molecule has 0 saturated heterocycles. The van der Waals surface area contributed by atoms with E-state index in [4.69, 9.17) is 9.84 Å². The predicted octanol–water partition coefficient (Wildman–Crippen LogP) is 1.34. The van der Waals surface area contributed by atoms with Gasteiger partial charge in [0.15, 0.2) is 0 Å². The monoisotopic (exact) mass is 217 g/mol. The molecule has 1 aromatic heterocycles. The van der Waals surface area contributed by atoms with Gasteiger partial charge in [0.25, 0.3) is 0 Å². The number of ether oxygens (including phenoxy) is 1. The zero-order valence-electron chi connectivity index (χ0n) is 6.04. The van der Waals surface area contributed by atoms with Gasteiger partial charge in [0, 0.05) is 6.07 Å². The zero-order valence-corrected chi connectivity index (χ0v) is 7.63. The van der Waals surface area contributed by atoms with Crippen LogP contribution in [-0.2, 0) is 6.61 Å². The van der Waals surface area contributed by atoms with Crippen molar-refractivity contribution in [1.82, 2.24) is 4.98 Å². The van der Waals surface area contributed by atoms with Crippen LogP contribution < -0.4 is 4.74 Å². The lowest BCUT2D eigenvalue weighted by molar-refractivity contribution is 0.280. The van der Waals surface area contributed by atoms with Gasteiger partial charge in [-0.25, -0.2) is 4.98 Å². The Kier molecular flexibility index (Phi) is 2.84. The first-order chi connectivity index (χ1) is 5.26. The van der Waals surface area contributed by atoms with Gasteiger partial charge in [0.1, 0.15) is 4.60 Å². The van der Waals surface area contributed by atoms with Crippen LogP contribution >= 0.6 is 15.9 Å². The lowest BCUT2D eigenvalue weighted by Gasteiger charge is -2.01. The third kappa shape index (κ3) is 2.17. The van der Waals surface area contributed by atoms with E-state index in [1.54, 1.807) is 12.1 Å². The first kappa shape index (κ1) is 8.49. The lowest BCUT2D eigenvalue weighted by atomic mass is 10.3. The largest absolute Gasteiger partial charge is 0.481 e. The summed E-state index contributed by atoms with van der Waals surface area (Å²) in [6.07, 6.45) is 0. The Morgan fingerprint density at radius 2 is 2.36 bits per heavy atom. The number of aliphatic hydroxyl groups excluding tert-OH is 1. The average Bonchev–Trinajstić information content (AvgIpc) is 2.03. The Labute approximate surface area is 73.2 Å². The molecule has 0 bridgehead atoms. The van der Waals surface area contributed by atoms with E-state index < -0.39 is 0 Å². The van der Waals surface area contributed by atoms with Crippen molar-refractivity contribution in [2.24, 2.45) is 0 Å². The molecule has 60 valence electrons. The number of hydrogen-bond acceptors (Lipinski definition) is 3. The van der Waals surface area contributed by atoms with Crippen molar-refractivity contribution in [2.75, 3.05) is 7.11 Å². The summed E-state index contributed by atoms with van der Waals surface area (Å²) in [5.74, 6) is 0.503. The average molecular weight is 218 g/mol. The summed E-state index contributed by atoms with van der Waals surface area (Å²) >= 11 is 3.19. The third-order valence-electron chi connectivity index (χ3n) is 1.22. The maximum atomic E-state index is 8.78. The topological polar surface area (TPSA) is 42.4 Å². The molecule has 0 aliphatic heterocycles. The van der Waals surface area contributed by atoms with E-state index in [2.05, 4.69) is 20.9 Å². The number of methoxy groups -OCH3 is 1. The molecule has 0 spiro atoms. The number of pyridine rings is 1. The molecule has 4 heteroatoms. The highest BCUT2D eigenvalue weighted by Gasteiger charge is 1.98. The van der Waals surface area contributed by atoms with E-state index in [1.807, 2.05) is 0 Å². The van der Waals surface area contributed by atoms with E-state index in [-0.39, 0.29) is 6.61 Å². The SMILES string of the molecule is COc1cc(CO)cc(Br)n1. The van der Waals surface area contributed by atoms with Crippen LogP contribution in [0.4, 0.5) is 0 Å². The van der Waals surface area contributed by atoms with Crippen LogP contribution in [0, 0.1) is 0 Å². The number of hydrogen-bond donors (Lipinski definition) is 1. The quantitative estimate of drug-likeness (QED) is 0.761. The third-order valence-corrected chi connectivity index (χ3v) is 1.63. The van der Waals surface area contributed by atoms with E-state index in [0.717, 1.165) is 5.56 Å². The molecule has 1 rings (SSSR count). The predicted molar refractivity (Wildman–Crippen MR) is 44.4 cm³/mol. The molecule has 0 saturated carbocycles. The van der Waals surface area contributed by atoms with E-state index >= 15 is 0 Å². The molecule has 0 unspecified atom stereocenters. The van der Waals surface area contributed by atoms with Crippen LogP contribution in [0.25, 0.3) is 0 Å². The summed E-state index contributed by atoms with van der Waals surface area (Å²) in [5, 5.41) is 8.78. The van der Waals surface area contributed by atoms with Gasteiger partial charge < -0.3 is 9.84 Å². The molecule has 1 N–H and O–H groups in total. The van der Waals surface area contributed by atoms with Crippen molar-refractivity contribution in [3.63, 3.8) is 0 Å². The van der Waals surface area contributed by atoms with Crippen LogP contribution in [0.5, 0.6) is 5.88 Å². The standard InChI is InChI=1S/C7H8BrNO2/c1-11-7-3-5(4-10)2-6(8)9-7/h2-3,10H,4H2,1H3. The van der Waals surface area contributed by atoms with Gasteiger partial charge in [-0.1, -0.05) is 0 Å². The second-order valence-electron chi connectivity index (χ2n) is 2.00. The molecule has 0 amide bonds. The highest BCUT2D eigenvalue weighted by Crippen LogP contribution is 2.15. The molecule has 0 fully saturated rings. The van der Waals surface area contributed by atoms with Crippen LogP contribution in [0.3, 0.4) is 0 Å². The smallest absolute Gasteiger partial charge is 0.214 e. The summed E-state index contributed by atoms with van der Waals surface area (Å²) in [7, 11) is 1.54. The lowest BCUT2D eigenvalue weighted by Crippen LogP contribution is -1.91. The number of aliphatic hydroxyl groups is 1. The van der Waals surface area contributed by atoms with E-state index in [9.17, 15) is 0 Å². The first-order valence-electron chi connectivity index (χ1n) is 3.07. The van der Waals surface area contributed by atoms with Gasteiger partial charge in [0.2, 0.25) is 5.88 Å². The Balaban J connectivity index is 3.02. The highest BCUT2D eigenvalue weighted by molar-refractivity contribution is 9.10. The van der Waals surface area contributed by atoms with E-state index in [0.29, 0.717) is 10.5 Å². The fraction of sp³-hybridized carbons (Fsp3) is 0.286. The Hall–Kier alpha value is -0.610. The zero-order chi connectivity index (χ0) is 8.27. The molecular weight excluding hydrogens is 210 g/mol. The van der Waals surface area contributed by atoms with Crippen molar-refractivity contribution in [2.45, 2.75) is 6.61 Å². The molecule has 3 nitrogen and oxygen atoms in total. The Bertz CT molecular complexity index is 230.